The zero-order valence-electron chi connectivity index (χ0n) is 25.8. The van der Waals surface area contributed by atoms with Crippen LogP contribution in [0.3, 0.4) is 0 Å². The van der Waals surface area contributed by atoms with Gasteiger partial charge in [-0.2, -0.15) is 0 Å². The summed E-state index contributed by atoms with van der Waals surface area (Å²) < 4.78 is 0. The number of hydrogen-bond donors (Lipinski definition) is 2. The van der Waals surface area contributed by atoms with E-state index in [4.69, 9.17) is 9.94 Å². The summed E-state index contributed by atoms with van der Waals surface area (Å²) in [5.74, 6) is -1.09. The van der Waals surface area contributed by atoms with Gasteiger partial charge in [-0.15, -0.1) is 10.1 Å². The van der Waals surface area contributed by atoms with Gasteiger partial charge < -0.3 is 15.3 Å². The molecule has 0 aromatic rings. The Balaban J connectivity index is 1.52. The van der Waals surface area contributed by atoms with Crippen molar-refractivity contribution in [3.63, 3.8) is 0 Å². The number of nitrogens with one attached hydrogen (secondary N) is 1. The molecule has 0 aromatic heterocycles. The molecule has 228 valence electrons. The Morgan fingerprint density at radius 1 is 1.02 bits per heavy atom. The summed E-state index contributed by atoms with van der Waals surface area (Å²) in [6.45, 7) is 14.9. The number of allylic oxidation sites excluding steroid dienone is 2. The van der Waals surface area contributed by atoms with Crippen LogP contribution in [0.4, 0.5) is 0 Å². The van der Waals surface area contributed by atoms with Gasteiger partial charge in [0.05, 0.1) is 0 Å². The Morgan fingerprint density at radius 2 is 1.68 bits per heavy atom. The lowest BCUT2D eigenvalue weighted by Crippen LogP contribution is -2.67. The molecule has 0 unspecified atom stereocenters. The van der Waals surface area contributed by atoms with E-state index in [9.17, 15) is 24.5 Å². The van der Waals surface area contributed by atoms with E-state index in [0.29, 0.717) is 25.7 Å². The minimum atomic E-state index is -1.06. The van der Waals surface area contributed by atoms with Crippen LogP contribution in [-0.4, -0.2) is 40.5 Å². The van der Waals surface area contributed by atoms with E-state index in [-0.39, 0.29) is 51.1 Å². The first-order valence-corrected chi connectivity index (χ1v) is 15.4. The normalized spacial score (nSPS) is 46.5. The lowest BCUT2D eigenvalue weighted by molar-refractivity contribution is -0.774. The van der Waals surface area contributed by atoms with Crippen LogP contribution in [0.5, 0.6) is 0 Å². The summed E-state index contributed by atoms with van der Waals surface area (Å²) in [5.41, 5.74) is -0.728. The largest absolute Gasteiger partial charge is 0.480 e. The number of hydrogen-bond acceptors (Lipinski definition) is 6. The maximum atomic E-state index is 14.5. The predicted octanol–water partition coefficient (Wildman–Crippen LogP) is 5.74. The van der Waals surface area contributed by atoms with Gasteiger partial charge in [0.15, 0.2) is 5.78 Å². The van der Waals surface area contributed by atoms with Crippen LogP contribution in [0.15, 0.2) is 11.6 Å². The van der Waals surface area contributed by atoms with Crippen molar-refractivity contribution >= 4 is 17.7 Å². The molecule has 4 saturated carbocycles. The Labute approximate surface area is 243 Å². The lowest BCUT2D eigenvalue weighted by atomic mass is 9.33. The number of ketones is 1. The number of fused-ring (bicyclic) bond motifs is 7. The van der Waals surface area contributed by atoms with Crippen molar-refractivity contribution in [3.05, 3.63) is 21.8 Å². The van der Waals surface area contributed by atoms with E-state index in [1.54, 1.807) is 0 Å². The van der Waals surface area contributed by atoms with Crippen LogP contribution >= 0.6 is 0 Å². The molecule has 0 aromatic carbocycles. The number of carboxylic acids is 1. The van der Waals surface area contributed by atoms with E-state index in [1.807, 2.05) is 13.0 Å². The second-order valence-electron chi connectivity index (χ2n) is 16.0. The predicted molar refractivity (Wildman–Crippen MR) is 152 cm³/mol. The fourth-order valence-corrected chi connectivity index (χ4v) is 11.0. The second-order valence-corrected chi connectivity index (χ2v) is 16.0. The van der Waals surface area contributed by atoms with Crippen LogP contribution < -0.4 is 5.32 Å². The van der Waals surface area contributed by atoms with Crippen LogP contribution in [0.2, 0.25) is 0 Å². The maximum Gasteiger partial charge on any atom is 0.322 e. The number of carboxylic acid groups (broad SMARTS) is 1. The summed E-state index contributed by atoms with van der Waals surface area (Å²) in [6, 6.07) is 0. The van der Waals surface area contributed by atoms with Gasteiger partial charge in [-0.25, -0.2) is 0 Å². The molecule has 0 bridgehead atoms. The smallest absolute Gasteiger partial charge is 0.322 e. The van der Waals surface area contributed by atoms with Crippen LogP contribution in [0, 0.1) is 60.4 Å². The molecule has 5 aliphatic carbocycles. The van der Waals surface area contributed by atoms with Crippen molar-refractivity contribution in [2.45, 2.75) is 112 Å². The number of rotatable bonds is 5. The maximum absolute atomic E-state index is 14.5. The number of aliphatic carboxylic acids is 1. The molecule has 0 spiro atoms. The fourth-order valence-electron chi connectivity index (χ4n) is 11.0. The van der Waals surface area contributed by atoms with Crippen LogP contribution in [-0.2, 0) is 19.2 Å². The van der Waals surface area contributed by atoms with Crippen molar-refractivity contribution < 1.29 is 29.4 Å². The van der Waals surface area contributed by atoms with Gasteiger partial charge >= 0.3 is 5.97 Å². The van der Waals surface area contributed by atoms with Crippen molar-refractivity contribution in [1.82, 2.24) is 5.32 Å². The highest BCUT2D eigenvalue weighted by Crippen LogP contribution is 2.75. The Bertz CT molecular complexity index is 1210. The third-order valence-corrected chi connectivity index (χ3v) is 13.7. The fraction of sp³-hybridized carbons (Fsp3) is 0.844. The molecule has 0 radical (unpaired) electrons. The third-order valence-electron chi connectivity index (χ3n) is 13.7. The molecular formula is C32H48N2O7. The van der Waals surface area contributed by atoms with Gasteiger partial charge in [-0.1, -0.05) is 54.0 Å². The number of carbonyl (C=O) groups is 3. The van der Waals surface area contributed by atoms with Gasteiger partial charge in [0, 0.05) is 11.3 Å². The van der Waals surface area contributed by atoms with E-state index in [2.05, 4.69) is 46.9 Å². The van der Waals surface area contributed by atoms with Gasteiger partial charge in [0.25, 0.3) is 5.09 Å². The molecule has 0 aliphatic heterocycles. The van der Waals surface area contributed by atoms with Gasteiger partial charge in [-0.05, 0) is 103 Å². The number of amides is 1. The van der Waals surface area contributed by atoms with Gasteiger partial charge in [0.1, 0.15) is 12.6 Å². The molecule has 41 heavy (non-hydrogen) atoms. The summed E-state index contributed by atoms with van der Waals surface area (Å²) in [7, 11) is 0. The zero-order chi connectivity index (χ0) is 30.4. The summed E-state index contributed by atoms with van der Waals surface area (Å²) in [4.78, 5) is 55.3. The first kappa shape index (κ1) is 30.0. The first-order chi connectivity index (χ1) is 18.8. The number of carbonyl (C=O) groups excluding carboxylic acids is 2. The zero-order valence-corrected chi connectivity index (χ0v) is 25.8. The SMILES string of the molecule is CC1(C)[C@@H](O[N+](=O)[O-])CC[C@]2(C)[C@H]3C(=O)C=C4[C@@H]5C[C@@](C)(C(=O)NCC(=O)O)CC[C@]5(C)CC[C@@]4(C)[C@]3(C)CC[C@@H]12. The van der Waals surface area contributed by atoms with Crippen molar-refractivity contribution in [2.75, 3.05) is 6.54 Å². The first-order valence-electron chi connectivity index (χ1n) is 15.4. The quantitative estimate of drug-likeness (QED) is 0.316. The molecule has 4 fully saturated rings. The minimum Gasteiger partial charge on any atom is -0.480 e. The van der Waals surface area contributed by atoms with Crippen molar-refractivity contribution in [1.29, 1.82) is 0 Å². The third kappa shape index (κ3) is 4.18. The molecule has 5 rings (SSSR count). The Hall–Kier alpha value is -2.45. The highest BCUT2D eigenvalue weighted by molar-refractivity contribution is 5.96. The molecule has 9 atom stereocenters. The molecule has 0 saturated heterocycles. The Kier molecular flexibility index (Phi) is 6.79. The standard InChI is InChI=1S/C32H48N2O7/c1-27(2)22-8-11-32(7)25(30(22,5)10-9-23(27)41-34(39)40)21(35)16-19-20-17-29(4,26(38)33-18-24(36)37)13-12-28(20,3)14-15-31(19,32)6/h16,20,22-23,25H,8-15,17-18H2,1-7H3,(H,33,38)(H,36,37)/t20-,22-,23-,25+,28+,29-,30-,31+,32+/m0/s1. The van der Waals surface area contributed by atoms with Gasteiger partial charge in [0.2, 0.25) is 5.91 Å². The number of nitrogens with zero attached hydrogens (tertiary/aromatic N) is 1. The summed E-state index contributed by atoms with van der Waals surface area (Å²) >= 11 is 0. The molecule has 9 heteroatoms. The highest BCUT2D eigenvalue weighted by atomic mass is 17.0. The average Bonchev–Trinajstić information content (AvgIpc) is 2.86. The second kappa shape index (κ2) is 9.27. The van der Waals surface area contributed by atoms with Crippen molar-refractivity contribution in [2.24, 2.45) is 50.2 Å². The van der Waals surface area contributed by atoms with E-state index in [1.165, 1.54) is 5.57 Å². The van der Waals surface area contributed by atoms with Gasteiger partial charge in [-0.3, -0.25) is 14.4 Å². The summed E-state index contributed by atoms with van der Waals surface area (Å²) in [6.07, 6.45) is 8.69. The molecule has 1 amide bonds. The lowest BCUT2D eigenvalue weighted by Gasteiger charge is -2.70. The molecule has 2 N–H and O–H groups in total. The van der Waals surface area contributed by atoms with Crippen molar-refractivity contribution in [3.8, 4) is 0 Å². The monoisotopic (exact) mass is 572 g/mol. The minimum absolute atomic E-state index is 0.0115. The average molecular weight is 573 g/mol. The highest BCUT2D eigenvalue weighted by Gasteiger charge is 2.70. The topological polar surface area (TPSA) is 136 Å². The van der Waals surface area contributed by atoms with E-state index >= 15 is 0 Å². The van der Waals surface area contributed by atoms with Crippen LogP contribution in [0.1, 0.15) is 106 Å². The molecular weight excluding hydrogens is 524 g/mol. The summed E-state index contributed by atoms with van der Waals surface area (Å²) in [5, 5.41) is 22.4. The van der Waals surface area contributed by atoms with E-state index in [0.717, 1.165) is 32.1 Å². The Morgan fingerprint density at radius 3 is 2.32 bits per heavy atom. The van der Waals surface area contributed by atoms with Crippen LogP contribution in [0.25, 0.3) is 0 Å². The molecule has 9 nitrogen and oxygen atoms in total. The molecule has 5 aliphatic rings. The molecule has 0 heterocycles. The van der Waals surface area contributed by atoms with E-state index < -0.39 is 34.5 Å².